The molecule has 1 aromatic carbocycles. The number of nitrogens with one attached hydrogen (secondary N) is 1. The highest BCUT2D eigenvalue weighted by atomic mass is 32.2. The van der Waals surface area contributed by atoms with E-state index in [1.807, 2.05) is 0 Å². The van der Waals surface area contributed by atoms with Crippen LogP contribution in [0.2, 0.25) is 0 Å². The third-order valence-electron chi connectivity index (χ3n) is 5.11. The summed E-state index contributed by atoms with van der Waals surface area (Å²) >= 11 is 1.26. The summed E-state index contributed by atoms with van der Waals surface area (Å²) in [5.41, 5.74) is 1.79. The maximum Gasteiger partial charge on any atom is 0.277 e. The molecule has 176 valence electrons. The largest absolute Gasteiger partial charge is 0.411 e. The minimum absolute atomic E-state index is 0.0948. The zero-order chi connectivity index (χ0) is 24.4. The van der Waals surface area contributed by atoms with Gasteiger partial charge in [0.05, 0.1) is 16.9 Å². The van der Waals surface area contributed by atoms with E-state index >= 15 is 0 Å². The quantitative estimate of drug-likeness (QED) is 0.285. The molecule has 1 aliphatic heterocycles. The fourth-order valence-electron chi connectivity index (χ4n) is 3.34. The number of aryl methyl sites for hydroxylation is 1. The number of carbonyl (C=O) groups excluding carboxylic acids is 3. The molecule has 0 spiro atoms. The van der Waals surface area contributed by atoms with E-state index in [0.717, 1.165) is 10.5 Å². The number of hydrogen-bond acceptors (Lipinski definition) is 11. The summed E-state index contributed by atoms with van der Waals surface area (Å²) in [6.07, 6.45) is 3.61. The minimum atomic E-state index is -0.397. The molecule has 0 unspecified atom stereocenters. The SMILES string of the molecule is CN1C(=O)c2ccc(NC(=O)CCc3nc(CSc4nnc(-c5ccncc5)o4)no3)cc2C1=O. The van der Waals surface area contributed by atoms with Crippen LogP contribution in [0.5, 0.6) is 0 Å². The second kappa shape index (κ2) is 9.46. The van der Waals surface area contributed by atoms with Gasteiger partial charge in [-0.05, 0) is 30.3 Å². The first-order valence-electron chi connectivity index (χ1n) is 10.4. The number of fused-ring (bicyclic) bond motifs is 1. The number of rotatable bonds is 8. The van der Waals surface area contributed by atoms with Crippen LogP contribution in [0.15, 0.2) is 56.9 Å². The van der Waals surface area contributed by atoms with E-state index < -0.39 is 5.91 Å². The maximum atomic E-state index is 12.3. The minimum Gasteiger partial charge on any atom is -0.411 e. The first kappa shape index (κ1) is 22.4. The predicted octanol–water partition coefficient (Wildman–Crippen LogP) is 2.60. The summed E-state index contributed by atoms with van der Waals surface area (Å²) in [5, 5.41) is 15.0. The maximum absolute atomic E-state index is 12.3. The van der Waals surface area contributed by atoms with Crippen LogP contribution in [0.25, 0.3) is 11.5 Å². The van der Waals surface area contributed by atoms with Gasteiger partial charge in [-0.3, -0.25) is 24.3 Å². The molecule has 4 heterocycles. The summed E-state index contributed by atoms with van der Waals surface area (Å²) in [6.45, 7) is 0. The average Bonchev–Trinajstić information content (AvgIpc) is 3.59. The number of pyridine rings is 1. The topological polar surface area (TPSA) is 157 Å². The van der Waals surface area contributed by atoms with Crippen molar-refractivity contribution < 1.29 is 23.3 Å². The number of anilines is 1. The van der Waals surface area contributed by atoms with E-state index in [9.17, 15) is 14.4 Å². The fraction of sp³-hybridized carbons (Fsp3) is 0.182. The Morgan fingerprint density at radius 1 is 1.09 bits per heavy atom. The second-order valence-electron chi connectivity index (χ2n) is 7.48. The van der Waals surface area contributed by atoms with Gasteiger partial charge in [-0.2, -0.15) is 4.98 Å². The number of hydrogen-bond donors (Lipinski definition) is 1. The Morgan fingerprint density at radius 3 is 2.71 bits per heavy atom. The lowest BCUT2D eigenvalue weighted by atomic mass is 10.1. The molecule has 0 atom stereocenters. The number of thioether (sulfide) groups is 1. The van der Waals surface area contributed by atoms with Gasteiger partial charge in [0.2, 0.25) is 17.7 Å². The second-order valence-corrected chi connectivity index (χ2v) is 8.41. The van der Waals surface area contributed by atoms with Crippen LogP contribution in [-0.2, 0) is 17.0 Å². The van der Waals surface area contributed by atoms with E-state index in [0.29, 0.717) is 39.8 Å². The number of aromatic nitrogens is 5. The lowest BCUT2D eigenvalue weighted by Gasteiger charge is -2.05. The number of carbonyl (C=O) groups is 3. The first-order chi connectivity index (χ1) is 17.0. The molecule has 0 bridgehead atoms. The van der Waals surface area contributed by atoms with E-state index in [1.54, 1.807) is 30.6 Å². The summed E-state index contributed by atoms with van der Waals surface area (Å²) in [7, 11) is 1.42. The highest BCUT2D eigenvalue weighted by Gasteiger charge is 2.32. The van der Waals surface area contributed by atoms with Crippen LogP contribution in [-0.4, -0.2) is 55.0 Å². The zero-order valence-electron chi connectivity index (χ0n) is 18.3. The van der Waals surface area contributed by atoms with Crippen LogP contribution in [0.3, 0.4) is 0 Å². The Kier molecular flexibility index (Phi) is 6.06. The molecule has 13 heteroatoms. The summed E-state index contributed by atoms with van der Waals surface area (Å²) in [5.74, 6) is 0.437. The van der Waals surface area contributed by atoms with E-state index in [2.05, 4.69) is 30.6 Å². The van der Waals surface area contributed by atoms with Gasteiger partial charge >= 0.3 is 0 Å². The summed E-state index contributed by atoms with van der Waals surface area (Å²) < 4.78 is 10.8. The van der Waals surface area contributed by atoms with Gasteiger partial charge < -0.3 is 14.3 Å². The molecule has 0 saturated heterocycles. The number of imide groups is 1. The number of benzene rings is 1. The van der Waals surface area contributed by atoms with Crippen LogP contribution < -0.4 is 5.32 Å². The van der Waals surface area contributed by atoms with Crippen molar-refractivity contribution in [3.05, 3.63) is 65.6 Å². The van der Waals surface area contributed by atoms with Crippen molar-refractivity contribution in [1.29, 1.82) is 0 Å². The van der Waals surface area contributed by atoms with Gasteiger partial charge in [0.25, 0.3) is 17.0 Å². The number of amides is 3. The molecule has 3 amide bonds. The lowest BCUT2D eigenvalue weighted by molar-refractivity contribution is -0.116. The molecule has 0 radical (unpaired) electrons. The third kappa shape index (κ3) is 4.80. The molecule has 1 N–H and O–H groups in total. The van der Waals surface area contributed by atoms with Gasteiger partial charge in [-0.1, -0.05) is 16.9 Å². The molecule has 35 heavy (non-hydrogen) atoms. The molecule has 0 fully saturated rings. The molecule has 1 aliphatic rings. The lowest BCUT2D eigenvalue weighted by Crippen LogP contribution is -2.24. The molecular formula is C22H17N7O5S. The van der Waals surface area contributed by atoms with Crippen molar-refractivity contribution in [3.8, 4) is 11.5 Å². The molecule has 0 saturated carbocycles. The average molecular weight is 491 g/mol. The first-order valence-corrected chi connectivity index (χ1v) is 11.4. The van der Waals surface area contributed by atoms with Gasteiger partial charge in [0.1, 0.15) is 0 Å². The van der Waals surface area contributed by atoms with Crippen molar-refractivity contribution in [2.45, 2.75) is 23.8 Å². The Hall–Kier alpha value is -4.39. The molecule has 3 aromatic heterocycles. The zero-order valence-corrected chi connectivity index (χ0v) is 19.1. The van der Waals surface area contributed by atoms with Crippen LogP contribution in [0.4, 0.5) is 5.69 Å². The smallest absolute Gasteiger partial charge is 0.277 e. The van der Waals surface area contributed by atoms with Gasteiger partial charge in [-0.25, -0.2) is 0 Å². The summed E-state index contributed by atoms with van der Waals surface area (Å²) in [6, 6.07) is 8.15. The highest BCUT2D eigenvalue weighted by Crippen LogP contribution is 2.26. The standard InChI is InChI=1S/C22H17N7O5S/c1-29-20(31)14-3-2-13(10-15(14)21(29)32)24-17(30)4-5-18-25-16(28-34-18)11-35-22-27-26-19(33-22)12-6-8-23-9-7-12/h2-3,6-10H,4-5,11H2,1H3,(H,24,30). The third-order valence-corrected chi connectivity index (χ3v) is 5.92. The van der Waals surface area contributed by atoms with Crippen molar-refractivity contribution >= 4 is 35.2 Å². The molecule has 5 rings (SSSR count). The van der Waals surface area contributed by atoms with Crippen molar-refractivity contribution in [1.82, 2.24) is 30.2 Å². The van der Waals surface area contributed by atoms with E-state index in [1.165, 1.54) is 30.9 Å². The normalized spacial score (nSPS) is 12.8. The Bertz CT molecular complexity index is 1420. The Labute approximate surface area is 202 Å². The van der Waals surface area contributed by atoms with Crippen LogP contribution in [0, 0.1) is 0 Å². The van der Waals surface area contributed by atoms with Gasteiger partial charge in [0, 0.05) is 43.5 Å². The van der Waals surface area contributed by atoms with E-state index in [4.69, 9.17) is 8.94 Å². The monoisotopic (exact) mass is 491 g/mol. The van der Waals surface area contributed by atoms with Crippen molar-refractivity contribution in [2.75, 3.05) is 12.4 Å². The van der Waals surface area contributed by atoms with Crippen molar-refractivity contribution in [3.63, 3.8) is 0 Å². The Morgan fingerprint density at radius 2 is 1.89 bits per heavy atom. The molecule has 0 aliphatic carbocycles. The van der Waals surface area contributed by atoms with Crippen molar-refractivity contribution in [2.24, 2.45) is 0 Å². The summed E-state index contributed by atoms with van der Waals surface area (Å²) in [4.78, 5) is 45.7. The fourth-order valence-corrected chi connectivity index (χ4v) is 3.95. The van der Waals surface area contributed by atoms with Crippen LogP contribution in [0.1, 0.15) is 38.9 Å². The van der Waals surface area contributed by atoms with Gasteiger partial charge in [-0.15, -0.1) is 10.2 Å². The predicted molar refractivity (Wildman–Crippen MR) is 121 cm³/mol. The van der Waals surface area contributed by atoms with Crippen LogP contribution >= 0.6 is 11.8 Å². The Balaban J connectivity index is 1.11. The molecule has 12 nitrogen and oxygen atoms in total. The highest BCUT2D eigenvalue weighted by molar-refractivity contribution is 7.98. The number of nitrogens with zero attached hydrogens (tertiary/aromatic N) is 6. The van der Waals surface area contributed by atoms with E-state index in [-0.39, 0.29) is 30.2 Å². The molecule has 4 aromatic rings. The molecular weight excluding hydrogens is 474 g/mol. The van der Waals surface area contributed by atoms with Gasteiger partial charge in [0.15, 0.2) is 5.82 Å².